The van der Waals surface area contributed by atoms with Crippen molar-refractivity contribution in [3.8, 4) is 11.5 Å². The van der Waals surface area contributed by atoms with Crippen LogP contribution in [0.4, 0.5) is 0 Å². The smallest absolute Gasteiger partial charge is 0.338 e. The Balaban J connectivity index is 1.57. The van der Waals surface area contributed by atoms with Crippen molar-refractivity contribution in [2.75, 3.05) is 13.7 Å². The Hall–Kier alpha value is -4.43. The summed E-state index contributed by atoms with van der Waals surface area (Å²) in [5.41, 5.74) is 4.23. The van der Waals surface area contributed by atoms with E-state index in [1.165, 1.54) is 11.3 Å². The third-order valence-corrected chi connectivity index (χ3v) is 7.69. The van der Waals surface area contributed by atoms with Gasteiger partial charge in [0, 0.05) is 5.56 Å². The molecule has 0 aliphatic carbocycles. The van der Waals surface area contributed by atoms with Gasteiger partial charge in [0.15, 0.2) is 4.80 Å². The number of aryl methyl sites for hydroxylation is 1. The summed E-state index contributed by atoms with van der Waals surface area (Å²) in [4.78, 5) is 32.0. The minimum Gasteiger partial charge on any atom is -0.496 e. The highest BCUT2D eigenvalue weighted by atomic mass is 32.1. The van der Waals surface area contributed by atoms with Crippen LogP contribution in [0.3, 0.4) is 0 Å². The molecule has 0 saturated heterocycles. The van der Waals surface area contributed by atoms with E-state index in [-0.39, 0.29) is 12.2 Å². The van der Waals surface area contributed by atoms with Crippen molar-refractivity contribution in [3.63, 3.8) is 0 Å². The van der Waals surface area contributed by atoms with Crippen molar-refractivity contribution in [2.24, 2.45) is 4.99 Å². The number of aromatic nitrogens is 1. The van der Waals surface area contributed by atoms with Crippen LogP contribution in [0.1, 0.15) is 42.1 Å². The highest BCUT2D eigenvalue weighted by Crippen LogP contribution is 2.30. The third-order valence-electron chi connectivity index (χ3n) is 6.71. The fourth-order valence-corrected chi connectivity index (χ4v) is 5.82. The minimum atomic E-state index is -0.632. The second kappa shape index (κ2) is 11.8. The van der Waals surface area contributed by atoms with Crippen LogP contribution < -0.4 is 24.4 Å². The zero-order valence-corrected chi connectivity index (χ0v) is 23.7. The van der Waals surface area contributed by atoms with Crippen LogP contribution in [-0.2, 0) is 16.1 Å². The normalized spacial score (nSPS) is 14.9. The summed E-state index contributed by atoms with van der Waals surface area (Å²) in [6, 6.07) is 22.4. The number of thiazole rings is 1. The molecule has 1 aliphatic rings. The summed E-state index contributed by atoms with van der Waals surface area (Å²) >= 11 is 1.29. The molecule has 0 saturated carbocycles. The van der Waals surface area contributed by atoms with Crippen molar-refractivity contribution in [3.05, 3.63) is 126 Å². The number of carbonyl (C=O) groups is 1. The van der Waals surface area contributed by atoms with Crippen molar-refractivity contribution >= 4 is 23.4 Å². The van der Waals surface area contributed by atoms with Gasteiger partial charge in [0.25, 0.3) is 5.56 Å². The number of para-hydroxylation sites is 1. The minimum absolute atomic E-state index is 0.222. The average molecular weight is 555 g/mol. The van der Waals surface area contributed by atoms with E-state index in [0.29, 0.717) is 33.0 Å². The van der Waals surface area contributed by atoms with E-state index in [4.69, 9.17) is 14.2 Å². The zero-order chi connectivity index (χ0) is 28.2. The van der Waals surface area contributed by atoms with Gasteiger partial charge < -0.3 is 14.2 Å². The molecule has 5 rings (SSSR count). The number of nitrogens with zero attached hydrogens (tertiary/aromatic N) is 2. The van der Waals surface area contributed by atoms with Gasteiger partial charge in [-0.1, -0.05) is 65.9 Å². The Labute approximate surface area is 236 Å². The molecule has 1 aliphatic heterocycles. The number of hydrogen-bond donors (Lipinski definition) is 0. The fourth-order valence-electron chi connectivity index (χ4n) is 4.77. The predicted octanol–water partition coefficient (Wildman–Crippen LogP) is 4.69. The van der Waals surface area contributed by atoms with E-state index in [0.717, 1.165) is 28.0 Å². The van der Waals surface area contributed by atoms with Gasteiger partial charge in [0.1, 0.15) is 18.1 Å². The number of fused-ring (bicyclic) bond motifs is 1. The Morgan fingerprint density at radius 1 is 1.02 bits per heavy atom. The predicted molar refractivity (Wildman–Crippen MR) is 155 cm³/mol. The van der Waals surface area contributed by atoms with Crippen LogP contribution in [0, 0.1) is 6.92 Å². The molecule has 0 fully saturated rings. The topological polar surface area (TPSA) is 79.1 Å². The number of allylic oxidation sites excluding steroid dienone is 1. The molecule has 8 heteroatoms. The van der Waals surface area contributed by atoms with Crippen LogP contribution in [0.25, 0.3) is 6.08 Å². The first-order valence-electron chi connectivity index (χ1n) is 13.0. The average Bonchev–Trinajstić information content (AvgIpc) is 3.26. The van der Waals surface area contributed by atoms with E-state index < -0.39 is 12.0 Å². The van der Waals surface area contributed by atoms with Gasteiger partial charge in [-0.15, -0.1) is 0 Å². The lowest BCUT2D eigenvalue weighted by Gasteiger charge is -2.24. The zero-order valence-electron chi connectivity index (χ0n) is 22.8. The number of hydrogen-bond acceptors (Lipinski definition) is 7. The molecule has 0 N–H and O–H groups in total. The van der Waals surface area contributed by atoms with Crippen LogP contribution in [0.2, 0.25) is 0 Å². The van der Waals surface area contributed by atoms with Gasteiger partial charge in [0.2, 0.25) is 0 Å². The van der Waals surface area contributed by atoms with E-state index in [9.17, 15) is 9.59 Å². The largest absolute Gasteiger partial charge is 0.496 e. The summed E-state index contributed by atoms with van der Waals surface area (Å²) in [5, 5.41) is 0. The highest BCUT2D eigenvalue weighted by Gasteiger charge is 2.33. The van der Waals surface area contributed by atoms with Gasteiger partial charge in [-0.3, -0.25) is 9.36 Å². The highest BCUT2D eigenvalue weighted by molar-refractivity contribution is 7.07. The van der Waals surface area contributed by atoms with Gasteiger partial charge >= 0.3 is 5.97 Å². The molecule has 0 unspecified atom stereocenters. The van der Waals surface area contributed by atoms with Crippen LogP contribution in [0.5, 0.6) is 11.5 Å². The van der Waals surface area contributed by atoms with Gasteiger partial charge in [0.05, 0.1) is 35.6 Å². The number of methoxy groups -OCH3 is 1. The quantitative estimate of drug-likeness (QED) is 0.295. The molecule has 0 amide bonds. The molecule has 0 radical (unpaired) electrons. The lowest BCUT2D eigenvalue weighted by Crippen LogP contribution is -2.39. The second-order valence-corrected chi connectivity index (χ2v) is 10.3. The molecule has 3 aromatic carbocycles. The first-order valence-corrected chi connectivity index (χ1v) is 13.8. The van der Waals surface area contributed by atoms with Crippen LogP contribution in [-0.4, -0.2) is 24.3 Å². The fraction of sp³-hybridized carbons (Fsp3) is 0.219. The summed E-state index contributed by atoms with van der Waals surface area (Å²) in [6.07, 6.45) is 1.84. The molecule has 1 aromatic heterocycles. The lowest BCUT2D eigenvalue weighted by atomic mass is 9.96. The number of benzene rings is 3. The van der Waals surface area contributed by atoms with Crippen LogP contribution >= 0.6 is 11.3 Å². The molecule has 204 valence electrons. The summed E-state index contributed by atoms with van der Waals surface area (Å²) in [7, 11) is 1.62. The molecule has 4 aromatic rings. The van der Waals surface area contributed by atoms with Crippen LogP contribution in [0.15, 0.2) is 93.9 Å². The molecule has 1 atom stereocenters. The van der Waals surface area contributed by atoms with Crippen molar-refractivity contribution in [1.82, 2.24) is 4.57 Å². The maximum atomic E-state index is 13.8. The lowest BCUT2D eigenvalue weighted by molar-refractivity contribution is -0.139. The van der Waals surface area contributed by atoms with Gasteiger partial charge in [-0.25, -0.2) is 9.79 Å². The van der Waals surface area contributed by atoms with E-state index in [1.807, 2.05) is 85.8 Å². The first kappa shape index (κ1) is 27.1. The number of rotatable bonds is 8. The van der Waals surface area contributed by atoms with Crippen molar-refractivity contribution in [1.29, 1.82) is 0 Å². The van der Waals surface area contributed by atoms with Crippen molar-refractivity contribution in [2.45, 2.75) is 33.4 Å². The maximum Gasteiger partial charge on any atom is 0.338 e. The van der Waals surface area contributed by atoms with E-state index in [2.05, 4.69) is 4.99 Å². The molecule has 40 heavy (non-hydrogen) atoms. The Bertz CT molecular complexity index is 1770. The van der Waals surface area contributed by atoms with Gasteiger partial charge in [-0.2, -0.15) is 0 Å². The molecule has 2 heterocycles. The second-order valence-electron chi connectivity index (χ2n) is 9.34. The molecular formula is C32H30N2O5S. The summed E-state index contributed by atoms with van der Waals surface area (Å²) < 4.78 is 19.1. The Morgan fingerprint density at radius 2 is 1.77 bits per heavy atom. The van der Waals surface area contributed by atoms with E-state index in [1.54, 1.807) is 25.5 Å². The molecule has 0 spiro atoms. The summed E-state index contributed by atoms with van der Waals surface area (Å²) in [5.74, 6) is 1.03. The number of carbonyl (C=O) groups excluding carboxylic acids is 1. The first-order chi connectivity index (χ1) is 19.4. The van der Waals surface area contributed by atoms with Gasteiger partial charge in [-0.05, 0) is 61.7 Å². The monoisotopic (exact) mass is 554 g/mol. The molecule has 0 bridgehead atoms. The van der Waals surface area contributed by atoms with E-state index >= 15 is 0 Å². The standard InChI is InChI=1S/C32H30N2O5S/c1-5-38-31(36)28-21(3)33-32-34(29(28)23-12-7-6-8-13-23)30(35)27(40-32)18-22-15-16-26(37-4)24(17-22)19-39-25-14-10-9-11-20(25)2/h6-18,29H,5,19H2,1-4H3/t29-/m0/s1. The SMILES string of the molecule is CCOC(=O)C1=C(C)N=c2sc(=Cc3ccc(OC)c(COc4ccccc4C)c3)c(=O)n2[C@H]1c1ccccc1. The number of esters is 1. The molecule has 7 nitrogen and oxygen atoms in total. The summed E-state index contributed by atoms with van der Waals surface area (Å²) in [6.45, 7) is 6.08. The number of ether oxygens (including phenoxy) is 3. The maximum absolute atomic E-state index is 13.8. The molecular weight excluding hydrogens is 524 g/mol. The Kier molecular flexibility index (Phi) is 7.98. The Morgan fingerprint density at radius 3 is 2.50 bits per heavy atom. The third kappa shape index (κ3) is 5.35. The van der Waals surface area contributed by atoms with Crippen molar-refractivity contribution < 1.29 is 19.0 Å².